The van der Waals surface area contributed by atoms with E-state index in [1.54, 1.807) is 0 Å². The maximum Gasteiger partial charge on any atom is 0.0684 e. The van der Waals surface area contributed by atoms with E-state index in [1.807, 2.05) is 11.9 Å². The van der Waals surface area contributed by atoms with Gasteiger partial charge in [0, 0.05) is 47.2 Å². The third kappa shape index (κ3) is 9.53. The highest BCUT2D eigenvalue weighted by Crippen LogP contribution is 2.42. The lowest BCUT2D eigenvalue weighted by Gasteiger charge is -2.46. The van der Waals surface area contributed by atoms with Gasteiger partial charge in [0.25, 0.3) is 0 Å². The molecule has 3 atom stereocenters. The van der Waals surface area contributed by atoms with Gasteiger partial charge in [-0.05, 0) is 130 Å². The molecule has 3 aliphatic rings. The van der Waals surface area contributed by atoms with Gasteiger partial charge in [0.2, 0.25) is 0 Å². The Morgan fingerprint density at radius 3 is 2.33 bits per heavy atom. The Kier molecular flexibility index (Phi) is 14.1. The fourth-order valence-corrected chi connectivity index (χ4v) is 11.8. The smallest absolute Gasteiger partial charge is 0.0684 e. The van der Waals surface area contributed by atoms with Gasteiger partial charge in [0.15, 0.2) is 0 Å². The third-order valence-corrected chi connectivity index (χ3v) is 15.7. The van der Waals surface area contributed by atoms with E-state index < -0.39 is 9.39 Å². The number of nitrogens with zero attached hydrogens (tertiary/aromatic N) is 2. The number of hydrogen-bond donors (Lipinski definition) is 2. The Balaban J connectivity index is 1.23. The van der Waals surface area contributed by atoms with Crippen molar-refractivity contribution in [3.63, 3.8) is 0 Å². The van der Waals surface area contributed by atoms with Crippen molar-refractivity contribution in [1.29, 1.82) is 0 Å². The van der Waals surface area contributed by atoms with Crippen LogP contribution in [0.2, 0.25) is 0 Å². The number of benzene rings is 2. The topological polar surface area (TPSA) is 30.5 Å². The van der Waals surface area contributed by atoms with Gasteiger partial charge >= 0.3 is 0 Å². The summed E-state index contributed by atoms with van der Waals surface area (Å²) in [5.41, 5.74) is 11.7. The van der Waals surface area contributed by atoms with Crippen LogP contribution in [0.5, 0.6) is 0 Å². The summed E-state index contributed by atoms with van der Waals surface area (Å²) in [6.07, 6.45) is 12.6. The van der Waals surface area contributed by atoms with Gasteiger partial charge in [-0.3, -0.25) is 9.03 Å². The van der Waals surface area contributed by atoms with Gasteiger partial charge in [-0.15, -0.1) is 0 Å². The van der Waals surface area contributed by atoms with Gasteiger partial charge in [-0.25, -0.2) is 0 Å². The number of nitrogens with one attached hydrogen (secondary N) is 2. The van der Waals surface area contributed by atoms with Crippen LogP contribution in [0.4, 0.5) is 0 Å². The number of hydrogen-bond acceptors (Lipinski definition) is 5. The number of rotatable bonds is 17. The second kappa shape index (κ2) is 18.1. The molecule has 2 aromatic rings. The van der Waals surface area contributed by atoms with Gasteiger partial charge in [-0.2, -0.15) is 9.39 Å². The summed E-state index contributed by atoms with van der Waals surface area (Å²) in [6, 6.07) is 14.4. The zero-order chi connectivity index (χ0) is 37.6. The minimum atomic E-state index is -1.46. The Hall–Kier alpha value is -2.64. The van der Waals surface area contributed by atoms with E-state index in [4.69, 9.17) is 13.2 Å². The molecular weight excluding hydrogens is 673 g/mol. The largest absolute Gasteiger partial charge is 0.380 e. The quantitative estimate of drug-likeness (QED) is 0.0730. The van der Waals surface area contributed by atoms with E-state index in [1.165, 1.54) is 68.8 Å². The first-order valence-electron chi connectivity index (χ1n) is 19.9. The van der Waals surface area contributed by atoms with Crippen molar-refractivity contribution in [2.45, 2.75) is 140 Å². The highest BCUT2D eigenvalue weighted by atomic mass is 32.2. The number of fused-ring (bicyclic) bond motifs is 1. The average molecular weight is 741 g/mol. The molecule has 3 unspecified atom stereocenters. The molecule has 0 spiro atoms. The molecule has 2 N–H and O–H groups in total. The molecule has 2 aromatic carbocycles. The molecule has 5 rings (SSSR count). The van der Waals surface area contributed by atoms with Crippen LogP contribution in [0.25, 0.3) is 0 Å². The normalized spacial score (nSPS) is 22.9. The van der Waals surface area contributed by atoms with Crippen molar-refractivity contribution >= 4 is 33.1 Å². The van der Waals surface area contributed by atoms with Crippen LogP contribution < -0.4 is 10.0 Å². The average Bonchev–Trinajstić information content (AvgIpc) is 3.57. The molecule has 0 amide bonds. The Morgan fingerprint density at radius 1 is 0.942 bits per heavy atom. The Labute approximate surface area is 323 Å². The molecule has 1 saturated carbocycles. The maximum absolute atomic E-state index is 4.74. The molecule has 0 radical (unpaired) electrons. The van der Waals surface area contributed by atoms with E-state index >= 15 is 0 Å². The number of aryl methyl sites for hydroxylation is 2. The molecule has 0 aromatic heterocycles. The molecule has 284 valence electrons. The SMILES string of the molecule is C=C(CCCCC)C(=C)C(NC(=C)C1CCC2CN(S(=C)(=C)Cc3ccccc3)CC(=C)N21)C1CCC(NSc2c(C)cc(CC)c(C)c2C)CC1. The lowest BCUT2D eigenvalue weighted by Crippen LogP contribution is -2.52. The van der Waals surface area contributed by atoms with Crippen molar-refractivity contribution < 1.29 is 0 Å². The molecular formula is C46H68N4S2. The Bertz CT molecular complexity index is 1700. The van der Waals surface area contributed by atoms with Crippen LogP contribution in [0, 0.1) is 26.7 Å². The van der Waals surface area contributed by atoms with E-state index in [-0.39, 0.29) is 12.1 Å². The summed E-state index contributed by atoms with van der Waals surface area (Å²) in [6.45, 7) is 31.8. The van der Waals surface area contributed by atoms with Crippen LogP contribution in [-0.4, -0.2) is 58.2 Å². The Morgan fingerprint density at radius 2 is 1.65 bits per heavy atom. The highest BCUT2D eigenvalue weighted by molar-refractivity contribution is 8.25. The molecule has 2 heterocycles. The van der Waals surface area contributed by atoms with Crippen molar-refractivity contribution in [3.8, 4) is 0 Å². The fourth-order valence-electron chi connectivity index (χ4n) is 8.87. The van der Waals surface area contributed by atoms with Crippen LogP contribution in [-0.2, 0) is 12.2 Å². The molecule has 3 fully saturated rings. The van der Waals surface area contributed by atoms with Crippen molar-refractivity contribution in [2.24, 2.45) is 5.92 Å². The number of unbranched alkanes of at least 4 members (excludes halogenated alkanes) is 2. The molecule has 1 aliphatic carbocycles. The van der Waals surface area contributed by atoms with Crippen LogP contribution in [0.1, 0.15) is 106 Å². The van der Waals surface area contributed by atoms with Gasteiger partial charge < -0.3 is 10.2 Å². The molecule has 0 bridgehead atoms. The minimum absolute atomic E-state index is 0.153. The second-order valence-corrected chi connectivity index (χ2v) is 19.7. The predicted molar refractivity (Wildman–Crippen MR) is 235 cm³/mol. The van der Waals surface area contributed by atoms with Crippen molar-refractivity contribution in [3.05, 3.63) is 113 Å². The number of piperazine rings is 1. The predicted octanol–water partition coefficient (Wildman–Crippen LogP) is 10.9. The first-order chi connectivity index (χ1) is 24.8. The molecule has 6 heteroatoms. The minimum Gasteiger partial charge on any atom is -0.380 e. The van der Waals surface area contributed by atoms with E-state index in [0.717, 1.165) is 75.9 Å². The highest BCUT2D eigenvalue weighted by Gasteiger charge is 2.42. The van der Waals surface area contributed by atoms with E-state index in [9.17, 15) is 0 Å². The van der Waals surface area contributed by atoms with Crippen LogP contribution in [0.3, 0.4) is 0 Å². The molecule has 2 saturated heterocycles. The monoisotopic (exact) mass is 740 g/mol. The lowest BCUT2D eigenvalue weighted by molar-refractivity contribution is 0.184. The van der Waals surface area contributed by atoms with Crippen molar-refractivity contribution in [1.82, 2.24) is 19.2 Å². The van der Waals surface area contributed by atoms with Crippen LogP contribution >= 0.6 is 21.3 Å². The first-order valence-corrected chi connectivity index (χ1v) is 22.8. The zero-order valence-corrected chi connectivity index (χ0v) is 34.8. The first kappa shape index (κ1) is 40.5. The van der Waals surface area contributed by atoms with E-state index in [2.05, 4.69) is 115 Å². The fraction of sp³-hybridized carbons (Fsp3) is 0.522. The second-order valence-electron chi connectivity index (χ2n) is 16.0. The summed E-state index contributed by atoms with van der Waals surface area (Å²) < 4.78 is 6.42. The standard InChI is InChI=1S/C46H68N4S2/c1-12-14-16-19-32(3)35(6)45(41-22-24-42(25-23-41)48-51-46-33(4)28-40(13-2)36(7)37(46)8)47-38(9)44-27-26-43-30-49(29-34(5)50(43)44)52(10,11)31-39-20-17-15-18-21-39/h15,17-18,20-21,28,41-45,47-48H,3,5-6,9-14,16,19,22-27,29-31H2,1-2,4,7-8H3. The molecule has 2 aliphatic heterocycles. The molecule has 52 heavy (non-hydrogen) atoms. The summed E-state index contributed by atoms with van der Waals surface area (Å²) in [4.78, 5) is 3.98. The zero-order valence-electron chi connectivity index (χ0n) is 33.2. The van der Waals surface area contributed by atoms with E-state index in [0.29, 0.717) is 18.0 Å². The lowest BCUT2D eigenvalue weighted by atomic mass is 9.77. The summed E-state index contributed by atoms with van der Waals surface area (Å²) in [5.74, 6) is 10.8. The summed E-state index contributed by atoms with van der Waals surface area (Å²) in [7, 11) is -1.46. The van der Waals surface area contributed by atoms with Gasteiger partial charge in [-0.1, -0.05) is 107 Å². The van der Waals surface area contributed by atoms with Crippen molar-refractivity contribution in [2.75, 3.05) is 13.1 Å². The maximum atomic E-state index is 4.74. The van der Waals surface area contributed by atoms with Crippen LogP contribution in [0.15, 0.2) is 90.1 Å². The summed E-state index contributed by atoms with van der Waals surface area (Å²) in [5, 5.41) is 4.04. The molecule has 4 nitrogen and oxygen atoms in total. The van der Waals surface area contributed by atoms with Gasteiger partial charge in [0.1, 0.15) is 0 Å². The van der Waals surface area contributed by atoms with Gasteiger partial charge in [0.05, 0.1) is 12.1 Å². The summed E-state index contributed by atoms with van der Waals surface area (Å²) >= 11 is 1.85. The third-order valence-electron chi connectivity index (χ3n) is 12.2.